The van der Waals surface area contributed by atoms with Crippen molar-refractivity contribution < 1.29 is 14.7 Å². The van der Waals surface area contributed by atoms with Crippen molar-refractivity contribution in [2.24, 2.45) is 0 Å². The third-order valence-corrected chi connectivity index (χ3v) is 4.98. The summed E-state index contributed by atoms with van der Waals surface area (Å²) in [6, 6.07) is 0. The van der Waals surface area contributed by atoms with E-state index in [4.69, 9.17) is 14.7 Å². The smallest absolute Gasteiger partial charge is 0.193 e. The van der Waals surface area contributed by atoms with Crippen molar-refractivity contribution in [3.63, 3.8) is 0 Å². The van der Waals surface area contributed by atoms with Crippen LogP contribution in [-0.2, 0) is 0 Å². The van der Waals surface area contributed by atoms with Crippen LogP contribution in [-0.4, -0.2) is 20.8 Å². The molecule has 3 N–H and O–H groups in total. The number of hydrogen-bond acceptors (Lipinski definition) is 3. The Labute approximate surface area is 132 Å². The fourth-order valence-corrected chi connectivity index (χ4v) is 3.34. The van der Waals surface area contributed by atoms with Gasteiger partial charge in [-0.2, -0.15) is 14.7 Å². The lowest BCUT2D eigenvalue weighted by Crippen LogP contribution is -1.95. The van der Waals surface area contributed by atoms with Gasteiger partial charge in [-0.05, 0) is 12.8 Å². The van der Waals surface area contributed by atoms with Gasteiger partial charge in [0.15, 0.2) is 0 Å². The highest BCUT2D eigenvalue weighted by molar-refractivity contribution is 7.58. The molecule has 0 aromatic heterocycles. The number of rotatable bonds is 16. The molecule has 0 aliphatic carbocycles. The van der Waals surface area contributed by atoms with Crippen LogP contribution >= 0.6 is 7.94 Å². The Bertz CT molecular complexity index is 205. The second kappa shape index (κ2) is 15.2. The summed E-state index contributed by atoms with van der Waals surface area (Å²) in [5.74, 6) is 0. The van der Waals surface area contributed by atoms with Gasteiger partial charge in [-0.1, -0.05) is 90.4 Å². The van der Waals surface area contributed by atoms with E-state index in [2.05, 4.69) is 6.92 Å². The Morgan fingerprint density at radius 3 is 1.05 bits per heavy atom. The Hall–Kier alpha value is 0.310. The lowest BCUT2D eigenvalue weighted by Gasteiger charge is -2.04. The molecule has 0 rings (SSSR count). The fraction of sp³-hybridized carbons (Fsp3) is 1.00. The van der Waals surface area contributed by atoms with E-state index in [0.29, 0.717) is 0 Å². The molecular formula is C17H38O3P+. The zero-order chi connectivity index (χ0) is 15.8. The zero-order valence-corrected chi connectivity index (χ0v) is 15.0. The molecule has 128 valence electrons. The molecule has 0 radical (unpaired) electrons. The molecule has 0 spiro atoms. The first kappa shape index (κ1) is 21.3. The van der Waals surface area contributed by atoms with Gasteiger partial charge in [-0.3, -0.25) is 0 Å². The Morgan fingerprint density at radius 2 is 0.762 bits per heavy atom. The largest absolute Gasteiger partial charge is 0.403 e. The van der Waals surface area contributed by atoms with Crippen LogP contribution in [0.15, 0.2) is 0 Å². The zero-order valence-electron chi connectivity index (χ0n) is 14.1. The fourth-order valence-electron chi connectivity index (χ4n) is 2.70. The maximum absolute atomic E-state index is 8.84. The van der Waals surface area contributed by atoms with Gasteiger partial charge in [0.25, 0.3) is 0 Å². The van der Waals surface area contributed by atoms with Gasteiger partial charge in [0.1, 0.15) is 6.16 Å². The van der Waals surface area contributed by atoms with Crippen LogP contribution < -0.4 is 0 Å². The van der Waals surface area contributed by atoms with Crippen molar-refractivity contribution >= 4 is 7.94 Å². The van der Waals surface area contributed by atoms with E-state index >= 15 is 0 Å². The predicted molar refractivity (Wildman–Crippen MR) is 93.4 cm³/mol. The SMILES string of the molecule is CCCCCCCCCCCCCCCCC[P+](O)(O)O. The Balaban J connectivity index is 3.00. The molecule has 0 saturated carbocycles. The van der Waals surface area contributed by atoms with Crippen molar-refractivity contribution in [3.05, 3.63) is 0 Å². The lowest BCUT2D eigenvalue weighted by molar-refractivity contribution is 0.328. The van der Waals surface area contributed by atoms with Gasteiger partial charge in [0.05, 0.1) is 0 Å². The molecule has 0 aromatic rings. The average Bonchev–Trinajstić information content (AvgIpc) is 2.42. The summed E-state index contributed by atoms with van der Waals surface area (Å²) in [4.78, 5) is 26.5. The normalized spacial score (nSPS) is 12.0. The van der Waals surface area contributed by atoms with Crippen LogP contribution in [0, 0.1) is 0 Å². The second-order valence-corrected chi connectivity index (χ2v) is 8.20. The molecule has 0 fully saturated rings. The van der Waals surface area contributed by atoms with E-state index in [-0.39, 0.29) is 6.16 Å². The van der Waals surface area contributed by atoms with E-state index in [0.717, 1.165) is 19.3 Å². The summed E-state index contributed by atoms with van der Waals surface area (Å²) in [5.41, 5.74) is 0. The van der Waals surface area contributed by atoms with Crippen molar-refractivity contribution in [1.29, 1.82) is 0 Å². The van der Waals surface area contributed by atoms with Crippen LogP contribution in [0.2, 0.25) is 0 Å². The van der Waals surface area contributed by atoms with Crippen LogP contribution in [0.5, 0.6) is 0 Å². The van der Waals surface area contributed by atoms with Crippen LogP contribution in [0.3, 0.4) is 0 Å². The molecule has 0 aliphatic heterocycles. The first-order valence-corrected chi connectivity index (χ1v) is 11.0. The Kier molecular flexibility index (Phi) is 15.4. The first-order chi connectivity index (χ1) is 10.1. The summed E-state index contributed by atoms with van der Waals surface area (Å²) in [5, 5.41) is 0. The minimum absolute atomic E-state index is 0.172. The highest BCUT2D eigenvalue weighted by atomic mass is 31.2. The summed E-state index contributed by atoms with van der Waals surface area (Å²) < 4.78 is 0. The quantitative estimate of drug-likeness (QED) is 0.256. The maximum atomic E-state index is 8.84. The maximum Gasteiger partial charge on any atom is 0.403 e. The molecule has 21 heavy (non-hydrogen) atoms. The molecule has 0 heterocycles. The minimum Gasteiger partial charge on any atom is -0.193 e. The molecule has 0 unspecified atom stereocenters. The summed E-state index contributed by atoms with van der Waals surface area (Å²) in [6.45, 7) is 2.26. The van der Waals surface area contributed by atoms with Gasteiger partial charge in [0.2, 0.25) is 0 Å². The first-order valence-electron chi connectivity index (χ1n) is 9.12. The highest BCUT2D eigenvalue weighted by Crippen LogP contribution is 2.45. The number of unbranched alkanes of at least 4 members (excludes halogenated alkanes) is 14. The van der Waals surface area contributed by atoms with Gasteiger partial charge < -0.3 is 0 Å². The van der Waals surface area contributed by atoms with Crippen molar-refractivity contribution in [2.45, 2.75) is 103 Å². The second-order valence-electron chi connectivity index (χ2n) is 6.37. The summed E-state index contributed by atoms with van der Waals surface area (Å²) >= 11 is 0. The molecule has 0 atom stereocenters. The standard InChI is InChI=1S/C17H38O3P/c1-2-3-4-5-6-7-8-9-10-11-12-13-14-15-16-17-21(18,19)20/h18-20H,2-17H2,1H3/q+1. The molecule has 0 bridgehead atoms. The van der Waals surface area contributed by atoms with Gasteiger partial charge >= 0.3 is 7.94 Å². The third kappa shape index (κ3) is 20.3. The Morgan fingerprint density at radius 1 is 0.476 bits per heavy atom. The molecule has 0 saturated heterocycles. The monoisotopic (exact) mass is 321 g/mol. The van der Waals surface area contributed by atoms with E-state index < -0.39 is 7.94 Å². The van der Waals surface area contributed by atoms with Gasteiger partial charge in [-0.15, -0.1) is 0 Å². The summed E-state index contributed by atoms with van der Waals surface area (Å²) in [7, 11) is -3.50. The highest BCUT2D eigenvalue weighted by Gasteiger charge is 2.27. The van der Waals surface area contributed by atoms with Crippen LogP contribution in [0.25, 0.3) is 0 Å². The van der Waals surface area contributed by atoms with Crippen LogP contribution in [0.4, 0.5) is 0 Å². The van der Waals surface area contributed by atoms with Crippen LogP contribution in [0.1, 0.15) is 103 Å². The van der Waals surface area contributed by atoms with E-state index in [9.17, 15) is 0 Å². The van der Waals surface area contributed by atoms with Crippen molar-refractivity contribution in [3.8, 4) is 0 Å². The molecule has 3 nitrogen and oxygen atoms in total. The van der Waals surface area contributed by atoms with Crippen molar-refractivity contribution in [1.82, 2.24) is 0 Å². The van der Waals surface area contributed by atoms with Gasteiger partial charge in [0, 0.05) is 0 Å². The molecule has 0 amide bonds. The average molecular weight is 321 g/mol. The van der Waals surface area contributed by atoms with E-state index in [1.807, 2.05) is 0 Å². The molecular weight excluding hydrogens is 283 g/mol. The predicted octanol–water partition coefficient (Wildman–Crippen LogP) is 5.60. The molecule has 4 heteroatoms. The number of hydrogen-bond donors (Lipinski definition) is 3. The van der Waals surface area contributed by atoms with Gasteiger partial charge in [-0.25, -0.2) is 0 Å². The molecule has 0 aliphatic rings. The topological polar surface area (TPSA) is 60.7 Å². The minimum atomic E-state index is -3.50. The lowest BCUT2D eigenvalue weighted by atomic mass is 10.0. The third-order valence-electron chi connectivity index (χ3n) is 4.06. The van der Waals surface area contributed by atoms with E-state index in [1.54, 1.807) is 0 Å². The van der Waals surface area contributed by atoms with Crippen molar-refractivity contribution in [2.75, 3.05) is 6.16 Å². The van der Waals surface area contributed by atoms with E-state index in [1.165, 1.54) is 77.0 Å². The molecule has 0 aromatic carbocycles. The summed E-state index contributed by atoms with van der Waals surface area (Å²) in [6.07, 6.45) is 19.5.